The predicted molar refractivity (Wildman–Crippen MR) is 79.2 cm³/mol. The van der Waals surface area contributed by atoms with E-state index in [-0.39, 0.29) is 24.4 Å². The molecule has 0 heterocycles. The largest absolute Gasteiger partial charge is 0.468 e. The van der Waals surface area contributed by atoms with Gasteiger partial charge in [-0.1, -0.05) is 0 Å². The van der Waals surface area contributed by atoms with Gasteiger partial charge in [0.2, 0.25) is 0 Å². The number of Topliss-reactive ketones (excluding diaryl/α,β-unsaturated/α-hetero) is 1. The van der Waals surface area contributed by atoms with E-state index in [0.29, 0.717) is 12.0 Å². The minimum absolute atomic E-state index is 0.0893. The van der Waals surface area contributed by atoms with Crippen molar-refractivity contribution in [3.8, 4) is 0 Å². The quantitative estimate of drug-likeness (QED) is 0.311. The predicted octanol–water partition coefficient (Wildman–Crippen LogP) is 0.633. The fourth-order valence-corrected chi connectivity index (χ4v) is 1.99. The fourth-order valence-electron chi connectivity index (χ4n) is 1.99. The summed E-state index contributed by atoms with van der Waals surface area (Å²) in [6, 6.07) is 4.51. The Balaban J connectivity index is 2.71. The Hall–Kier alpha value is -2.32. The highest BCUT2D eigenvalue weighted by molar-refractivity contribution is 5.98. The SMILES string of the molecule is COC(=O)[C@@H](N)CCC(CN)C(=O)c1ccc([N+](=O)[O-])cc1. The van der Waals surface area contributed by atoms with E-state index in [1.165, 1.54) is 31.4 Å². The Morgan fingerprint density at radius 3 is 2.32 bits per heavy atom. The molecule has 8 nitrogen and oxygen atoms in total. The number of nitrogens with zero attached hydrogens (tertiary/aromatic N) is 1. The second-order valence-electron chi connectivity index (χ2n) is 4.81. The molecule has 8 heteroatoms. The summed E-state index contributed by atoms with van der Waals surface area (Å²) in [5.41, 5.74) is 11.5. The summed E-state index contributed by atoms with van der Waals surface area (Å²) in [6.45, 7) is 0.101. The number of methoxy groups -OCH3 is 1. The van der Waals surface area contributed by atoms with Gasteiger partial charge in [0.1, 0.15) is 6.04 Å². The minimum Gasteiger partial charge on any atom is -0.468 e. The summed E-state index contributed by atoms with van der Waals surface area (Å²) in [4.78, 5) is 33.6. The number of non-ortho nitro benzene ring substituents is 1. The first-order valence-electron chi connectivity index (χ1n) is 6.72. The standard InChI is InChI=1S/C14H19N3O5/c1-22-14(19)12(16)7-4-10(8-15)13(18)9-2-5-11(6-3-9)17(20)21/h2-3,5-6,10,12H,4,7-8,15-16H2,1H3/t10?,12-/m0/s1. The molecule has 0 spiro atoms. The molecule has 0 aliphatic carbocycles. The monoisotopic (exact) mass is 309 g/mol. The van der Waals surface area contributed by atoms with Crippen LogP contribution in [0.3, 0.4) is 0 Å². The molecule has 1 aromatic carbocycles. The molecule has 120 valence electrons. The zero-order valence-electron chi connectivity index (χ0n) is 12.2. The molecule has 0 aliphatic rings. The molecule has 22 heavy (non-hydrogen) atoms. The lowest BCUT2D eigenvalue weighted by molar-refractivity contribution is -0.384. The van der Waals surface area contributed by atoms with Crippen molar-refractivity contribution >= 4 is 17.4 Å². The third-order valence-corrected chi connectivity index (χ3v) is 3.35. The van der Waals surface area contributed by atoms with Gasteiger partial charge in [0.15, 0.2) is 5.78 Å². The number of ketones is 1. The number of benzene rings is 1. The van der Waals surface area contributed by atoms with Crippen LogP contribution in [0.15, 0.2) is 24.3 Å². The number of nitrogens with two attached hydrogens (primary N) is 2. The number of nitro benzene ring substituents is 1. The van der Waals surface area contributed by atoms with Crippen LogP contribution in [0.5, 0.6) is 0 Å². The molecule has 1 rings (SSSR count). The summed E-state index contributed by atoms with van der Waals surface area (Å²) in [6.07, 6.45) is 0.607. The smallest absolute Gasteiger partial charge is 0.322 e. The van der Waals surface area contributed by atoms with Gasteiger partial charge < -0.3 is 16.2 Å². The van der Waals surface area contributed by atoms with Crippen molar-refractivity contribution in [2.75, 3.05) is 13.7 Å². The van der Waals surface area contributed by atoms with Gasteiger partial charge in [-0.25, -0.2) is 0 Å². The molecule has 1 aromatic rings. The van der Waals surface area contributed by atoms with Crippen LogP contribution < -0.4 is 11.5 Å². The van der Waals surface area contributed by atoms with Gasteiger partial charge in [0, 0.05) is 30.2 Å². The third kappa shape index (κ3) is 4.61. The number of esters is 1. The van der Waals surface area contributed by atoms with E-state index in [4.69, 9.17) is 11.5 Å². The highest BCUT2D eigenvalue weighted by atomic mass is 16.6. The van der Waals surface area contributed by atoms with Gasteiger partial charge in [0.25, 0.3) is 5.69 Å². The first-order valence-corrected chi connectivity index (χ1v) is 6.72. The number of rotatable bonds is 8. The second kappa shape index (κ2) is 8.20. The number of hydrogen-bond acceptors (Lipinski definition) is 7. The van der Waals surface area contributed by atoms with E-state index in [0.717, 1.165) is 0 Å². The first kappa shape index (κ1) is 17.7. The maximum Gasteiger partial charge on any atom is 0.322 e. The van der Waals surface area contributed by atoms with Gasteiger partial charge in [0.05, 0.1) is 12.0 Å². The zero-order chi connectivity index (χ0) is 16.7. The molecule has 1 unspecified atom stereocenters. The molecule has 0 radical (unpaired) electrons. The van der Waals surface area contributed by atoms with Crippen LogP contribution in [0, 0.1) is 16.0 Å². The lowest BCUT2D eigenvalue weighted by Gasteiger charge is -2.15. The fraction of sp³-hybridized carbons (Fsp3) is 0.429. The number of carbonyl (C=O) groups is 2. The molecule has 4 N–H and O–H groups in total. The number of carbonyl (C=O) groups excluding carboxylic acids is 2. The van der Waals surface area contributed by atoms with Crippen LogP contribution in [0.25, 0.3) is 0 Å². The number of ether oxygens (including phenoxy) is 1. The molecule has 0 saturated heterocycles. The number of hydrogen-bond donors (Lipinski definition) is 2. The van der Waals surface area contributed by atoms with E-state index in [2.05, 4.69) is 4.74 Å². The van der Waals surface area contributed by atoms with Crippen molar-refractivity contribution in [3.05, 3.63) is 39.9 Å². The van der Waals surface area contributed by atoms with Gasteiger partial charge in [-0.15, -0.1) is 0 Å². The maximum absolute atomic E-state index is 12.3. The van der Waals surface area contributed by atoms with Crippen molar-refractivity contribution in [1.82, 2.24) is 0 Å². The van der Waals surface area contributed by atoms with E-state index in [1.807, 2.05) is 0 Å². The summed E-state index contributed by atoms with van der Waals surface area (Å²) in [5, 5.41) is 10.6. The Morgan fingerprint density at radius 2 is 1.86 bits per heavy atom. The Morgan fingerprint density at radius 1 is 1.27 bits per heavy atom. The molecule has 0 aliphatic heterocycles. The summed E-state index contributed by atoms with van der Waals surface area (Å²) >= 11 is 0. The molecular weight excluding hydrogens is 290 g/mol. The number of nitro groups is 1. The molecule has 2 atom stereocenters. The summed E-state index contributed by atoms with van der Waals surface area (Å²) < 4.78 is 4.51. The van der Waals surface area contributed by atoms with E-state index >= 15 is 0 Å². The van der Waals surface area contributed by atoms with Crippen molar-refractivity contribution in [1.29, 1.82) is 0 Å². The molecule has 0 amide bonds. The molecule has 0 saturated carbocycles. The molecule has 0 bridgehead atoms. The Kier molecular flexibility index (Phi) is 6.61. The third-order valence-electron chi connectivity index (χ3n) is 3.35. The topological polar surface area (TPSA) is 139 Å². The minimum atomic E-state index is -0.802. The van der Waals surface area contributed by atoms with E-state index in [1.54, 1.807) is 0 Å². The highest BCUT2D eigenvalue weighted by Crippen LogP contribution is 2.18. The Bertz CT molecular complexity index is 544. The lowest BCUT2D eigenvalue weighted by Crippen LogP contribution is -2.33. The van der Waals surface area contributed by atoms with Crippen molar-refractivity contribution in [3.63, 3.8) is 0 Å². The van der Waals surface area contributed by atoms with Gasteiger partial charge >= 0.3 is 5.97 Å². The second-order valence-corrected chi connectivity index (χ2v) is 4.81. The van der Waals surface area contributed by atoms with Crippen molar-refractivity contribution < 1.29 is 19.2 Å². The highest BCUT2D eigenvalue weighted by Gasteiger charge is 2.22. The first-order chi connectivity index (χ1) is 10.4. The van der Waals surface area contributed by atoms with E-state index in [9.17, 15) is 19.7 Å². The summed E-state index contributed by atoms with van der Waals surface area (Å²) in [5.74, 6) is -1.27. The normalized spacial score (nSPS) is 13.2. The average Bonchev–Trinajstić information content (AvgIpc) is 2.54. The van der Waals surface area contributed by atoms with Crippen molar-refractivity contribution in [2.45, 2.75) is 18.9 Å². The van der Waals surface area contributed by atoms with Crippen LogP contribution in [-0.2, 0) is 9.53 Å². The van der Waals surface area contributed by atoms with Gasteiger partial charge in [-0.3, -0.25) is 19.7 Å². The van der Waals surface area contributed by atoms with Crippen LogP contribution in [0.1, 0.15) is 23.2 Å². The molecule has 0 aromatic heterocycles. The lowest BCUT2D eigenvalue weighted by atomic mass is 9.92. The zero-order valence-corrected chi connectivity index (χ0v) is 12.2. The van der Waals surface area contributed by atoms with Crippen molar-refractivity contribution in [2.24, 2.45) is 17.4 Å². The average molecular weight is 309 g/mol. The van der Waals surface area contributed by atoms with Gasteiger partial charge in [-0.05, 0) is 25.0 Å². The molecule has 0 fully saturated rings. The summed E-state index contributed by atoms with van der Waals surface area (Å²) in [7, 11) is 1.24. The Labute approximate surface area is 127 Å². The maximum atomic E-state index is 12.3. The van der Waals surface area contributed by atoms with Crippen LogP contribution in [-0.4, -0.2) is 36.4 Å². The van der Waals surface area contributed by atoms with Gasteiger partial charge in [-0.2, -0.15) is 0 Å². The van der Waals surface area contributed by atoms with Crippen LogP contribution in [0.4, 0.5) is 5.69 Å². The van der Waals surface area contributed by atoms with Crippen LogP contribution in [0.2, 0.25) is 0 Å². The molecular formula is C14H19N3O5. The van der Waals surface area contributed by atoms with E-state index < -0.39 is 22.9 Å². The van der Waals surface area contributed by atoms with Crippen LogP contribution >= 0.6 is 0 Å².